The van der Waals surface area contributed by atoms with E-state index in [0.29, 0.717) is 36.3 Å². The second kappa shape index (κ2) is 10.1. The summed E-state index contributed by atoms with van der Waals surface area (Å²) >= 11 is 0. The quantitative estimate of drug-likeness (QED) is 0.512. The van der Waals surface area contributed by atoms with E-state index in [2.05, 4.69) is 43.3 Å². The molecule has 178 valence electrons. The summed E-state index contributed by atoms with van der Waals surface area (Å²) in [5.41, 5.74) is 2.94. The van der Waals surface area contributed by atoms with E-state index < -0.39 is 6.09 Å². The van der Waals surface area contributed by atoms with E-state index in [-0.39, 0.29) is 24.0 Å². The molecule has 1 aromatic carbocycles. The average Bonchev–Trinajstić information content (AvgIpc) is 2.69. The summed E-state index contributed by atoms with van der Waals surface area (Å²) in [6.07, 6.45) is 2.33. The third kappa shape index (κ3) is 7.10. The van der Waals surface area contributed by atoms with E-state index in [1.165, 1.54) is 6.92 Å². The number of anilines is 1. The predicted octanol–water partition coefficient (Wildman–Crippen LogP) is 5.08. The Balaban J connectivity index is 1.71. The molecule has 2 amide bonds. The van der Waals surface area contributed by atoms with Crippen LogP contribution in [-0.2, 0) is 11.4 Å². The number of carbonyl (C=O) groups is 2. The Labute approximate surface area is 194 Å². The van der Waals surface area contributed by atoms with Gasteiger partial charge in [0.2, 0.25) is 5.91 Å². The molecule has 33 heavy (non-hydrogen) atoms. The Bertz CT molecular complexity index is 1020. The number of pyridine rings is 1. The van der Waals surface area contributed by atoms with Crippen LogP contribution in [-0.4, -0.2) is 34.7 Å². The highest BCUT2D eigenvalue weighted by Crippen LogP contribution is 2.40. The lowest BCUT2D eigenvalue weighted by Gasteiger charge is -2.27. The molecule has 3 N–H and O–H groups in total. The van der Waals surface area contributed by atoms with E-state index in [9.17, 15) is 14.7 Å². The lowest BCUT2D eigenvalue weighted by Crippen LogP contribution is -2.39. The van der Waals surface area contributed by atoms with Gasteiger partial charge in [-0.1, -0.05) is 27.7 Å². The fourth-order valence-electron chi connectivity index (χ4n) is 4.34. The number of fused-ring (bicyclic) bond motifs is 3. The van der Waals surface area contributed by atoms with E-state index >= 15 is 0 Å². The van der Waals surface area contributed by atoms with Gasteiger partial charge in [-0.15, -0.1) is 0 Å². The summed E-state index contributed by atoms with van der Waals surface area (Å²) < 4.78 is 11.8. The Kier molecular flexibility index (Phi) is 7.46. The van der Waals surface area contributed by atoms with Crippen LogP contribution >= 0.6 is 0 Å². The first-order valence-electron chi connectivity index (χ1n) is 11.2. The van der Waals surface area contributed by atoms with Gasteiger partial charge in [0.05, 0.1) is 6.04 Å². The fourth-order valence-corrected chi connectivity index (χ4v) is 4.34. The van der Waals surface area contributed by atoms with Crippen molar-refractivity contribution < 1.29 is 24.2 Å². The Morgan fingerprint density at radius 2 is 2.00 bits per heavy atom. The van der Waals surface area contributed by atoms with E-state index in [1.54, 1.807) is 6.20 Å². The van der Waals surface area contributed by atoms with Gasteiger partial charge in [-0.25, -0.2) is 9.78 Å². The number of ether oxygens (including phenoxy) is 2. The third-order valence-corrected chi connectivity index (χ3v) is 5.34. The van der Waals surface area contributed by atoms with Gasteiger partial charge in [0, 0.05) is 30.3 Å². The number of aromatic nitrogens is 1. The van der Waals surface area contributed by atoms with Crippen LogP contribution in [0.2, 0.25) is 0 Å². The van der Waals surface area contributed by atoms with Gasteiger partial charge < -0.3 is 25.2 Å². The van der Waals surface area contributed by atoms with Crippen molar-refractivity contribution in [3.63, 3.8) is 0 Å². The monoisotopic (exact) mass is 455 g/mol. The van der Waals surface area contributed by atoms with Crippen molar-refractivity contribution in [2.75, 3.05) is 11.9 Å². The van der Waals surface area contributed by atoms with E-state index in [1.807, 2.05) is 24.3 Å². The zero-order valence-corrected chi connectivity index (χ0v) is 19.9. The first-order valence-corrected chi connectivity index (χ1v) is 11.2. The van der Waals surface area contributed by atoms with E-state index in [0.717, 1.165) is 23.1 Å². The number of carboxylic acid groups (broad SMARTS) is 1. The molecule has 1 aliphatic rings. The second-order valence-electron chi connectivity index (χ2n) is 9.92. The van der Waals surface area contributed by atoms with Crippen LogP contribution in [0.4, 0.5) is 10.6 Å². The zero-order chi connectivity index (χ0) is 24.2. The predicted molar refractivity (Wildman–Crippen MR) is 127 cm³/mol. The number of carbonyl (C=O) groups excluding carboxylic acids is 1. The fraction of sp³-hybridized carbons (Fsp3) is 0.480. The number of benzene rings is 1. The summed E-state index contributed by atoms with van der Waals surface area (Å²) in [5, 5.41) is 14.5. The molecule has 0 aliphatic carbocycles. The molecule has 2 atom stereocenters. The van der Waals surface area contributed by atoms with Gasteiger partial charge in [-0.2, -0.15) is 0 Å². The molecule has 2 heterocycles. The average molecular weight is 456 g/mol. The molecule has 0 bridgehead atoms. The molecule has 0 saturated carbocycles. The van der Waals surface area contributed by atoms with Crippen LogP contribution in [0.5, 0.6) is 11.5 Å². The second-order valence-corrected chi connectivity index (χ2v) is 9.92. The van der Waals surface area contributed by atoms with Gasteiger partial charge in [-0.3, -0.25) is 4.79 Å². The highest BCUT2D eigenvalue weighted by molar-refractivity contribution is 5.89. The molecule has 0 radical (unpaired) electrons. The van der Waals surface area contributed by atoms with Crippen LogP contribution < -0.4 is 20.1 Å². The van der Waals surface area contributed by atoms with Crippen LogP contribution in [0.25, 0.3) is 11.1 Å². The van der Waals surface area contributed by atoms with Crippen LogP contribution in [0.3, 0.4) is 0 Å². The third-order valence-electron chi connectivity index (χ3n) is 5.34. The molecule has 3 rings (SSSR count). The summed E-state index contributed by atoms with van der Waals surface area (Å²) in [7, 11) is 0. The maximum absolute atomic E-state index is 11.4. The lowest BCUT2D eigenvalue weighted by atomic mass is 9.83. The van der Waals surface area contributed by atoms with Crippen molar-refractivity contribution in [1.82, 2.24) is 10.3 Å². The van der Waals surface area contributed by atoms with Crippen molar-refractivity contribution in [3.05, 3.63) is 36.0 Å². The topological polar surface area (TPSA) is 110 Å². The molecule has 0 fully saturated rings. The zero-order valence-electron chi connectivity index (χ0n) is 19.9. The number of rotatable bonds is 8. The number of amides is 2. The molecule has 1 aromatic heterocycles. The Hall–Kier alpha value is -3.29. The molecular weight excluding hydrogens is 422 g/mol. The molecular formula is C25H33N3O5. The van der Waals surface area contributed by atoms with Gasteiger partial charge in [-0.05, 0) is 47.9 Å². The molecule has 8 nitrogen and oxygen atoms in total. The highest BCUT2D eigenvalue weighted by Gasteiger charge is 2.22. The number of nitrogens with zero attached hydrogens (tertiary/aromatic N) is 1. The minimum atomic E-state index is -1.06. The molecule has 1 aliphatic heterocycles. The maximum Gasteiger partial charge on any atom is 0.404 e. The summed E-state index contributed by atoms with van der Waals surface area (Å²) in [4.78, 5) is 26.9. The maximum atomic E-state index is 11.4. The lowest BCUT2D eigenvalue weighted by molar-refractivity contribution is -0.114. The number of hydrogen-bond donors (Lipinski definition) is 3. The number of hydrogen-bond acceptors (Lipinski definition) is 5. The first-order chi connectivity index (χ1) is 15.5. The summed E-state index contributed by atoms with van der Waals surface area (Å²) in [5.74, 6) is 1.93. The van der Waals surface area contributed by atoms with Gasteiger partial charge in [0.1, 0.15) is 30.5 Å². The minimum absolute atomic E-state index is 0.176. The van der Waals surface area contributed by atoms with Crippen molar-refractivity contribution in [1.29, 1.82) is 0 Å². The van der Waals surface area contributed by atoms with Crippen molar-refractivity contribution in [3.8, 4) is 22.6 Å². The molecule has 0 saturated heterocycles. The van der Waals surface area contributed by atoms with Gasteiger partial charge in [0.25, 0.3) is 0 Å². The van der Waals surface area contributed by atoms with Gasteiger partial charge in [0.15, 0.2) is 0 Å². The SMILES string of the molecule is CC(=O)Nc1cc2c(cn1)COc1cc(OCC(CC(C)CC(C)(C)C)NC(=O)O)ccc1-2. The Morgan fingerprint density at radius 1 is 1.24 bits per heavy atom. The van der Waals surface area contributed by atoms with Gasteiger partial charge >= 0.3 is 6.09 Å². The molecule has 8 heteroatoms. The van der Waals surface area contributed by atoms with Crippen molar-refractivity contribution in [2.45, 2.75) is 60.1 Å². The summed E-state index contributed by atoms with van der Waals surface area (Å²) in [6.45, 7) is 10.7. The largest absolute Gasteiger partial charge is 0.491 e. The molecule has 2 aromatic rings. The van der Waals surface area contributed by atoms with Crippen molar-refractivity contribution >= 4 is 17.8 Å². The summed E-state index contributed by atoms with van der Waals surface area (Å²) in [6, 6.07) is 7.08. The smallest absolute Gasteiger partial charge is 0.404 e. The normalized spacial score (nSPS) is 14.2. The highest BCUT2D eigenvalue weighted by atomic mass is 16.5. The molecule has 2 unspecified atom stereocenters. The minimum Gasteiger partial charge on any atom is -0.491 e. The van der Waals surface area contributed by atoms with Crippen molar-refractivity contribution in [2.24, 2.45) is 11.3 Å². The number of nitrogens with one attached hydrogen (secondary N) is 2. The van der Waals surface area contributed by atoms with Crippen LogP contribution in [0.1, 0.15) is 53.0 Å². The molecule has 0 spiro atoms. The van der Waals surface area contributed by atoms with Crippen LogP contribution in [0, 0.1) is 11.3 Å². The standard InChI is InChI=1S/C25H33N3O5/c1-15(11-25(3,4)5)8-18(28-24(30)31)14-32-19-6-7-20-21-10-23(27-16(2)29)26-12-17(21)13-33-22(20)9-19/h6-7,9-10,12,15,18,28H,8,11,13-14H2,1-5H3,(H,30,31)(H,26,27,29). The Morgan fingerprint density at radius 3 is 2.67 bits per heavy atom. The first kappa shape index (κ1) is 24.4. The van der Waals surface area contributed by atoms with E-state index in [4.69, 9.17) is 9.47 Å². The van der Waals surface area contributed by atoms with Crippen LogP contribution in [0.15, 0.2) is 30.5 Å².